The molecular weight excluding hydrogens is 241 g/mol. The molecule has 2 aromatic heterocycles. The van der Waals surface area contributed by atoms with Crippen LogP contribution in [0.15, 0.2) is 40.9 Å². The molecule has 19 heavy (non-hydrogen) atoms. The molecule has 0 fully saturated rings. The van der Waals surface area contributed by atoms with Crippen LogP contribution in [0.25, 0.3) is 23.0 Å². The fraction of sp³-hybridized carbons (Fsp3) is 0. The number of hydrogen-bond acceptors (Lipinski definition) is 6. The molecule has 0 amide bonds. The highest BCUT2D eigenvalue weighted by atomic mass is 16.4. The minimum absolute atomic E-state index is 0.191. The van der Waals surface area contributed by atoms with Crippen molar-refractivity contribution in [3.63, 3.8) is 0 Å². The highest BCUT2D eigenvalue weighted by Crippen LogP contribution is 2.24. The molecule has 7 heteroatoms. The highest BCUT2D eigenvalue weighted by Gasteiger charge is 2.14. The fourth-order valence-corrected chi connectivity index (χ4v) is 1.59. The van der Waals surface area contributed by atoms with Gasteiger partial charge in [-0.25, -0.2) is 4.98 Å². The second-order valence-electron chi connectivity index (χ2n) is 3.81. The summed E-state index contributed by atoms with van der Waals surface area (Å²) in [7, 11) is 5.56. The third-order valence-corrected chi connectivity index (χ3v) is 2.47. The standard InChI is InChI=1S/C12H8BN5O/c13-8-6-15-10(14)9(16-8)12-18-17-11(19-12)7-4-2-1-3-5-7/h1-6H,(H2,14,15). The van der Waals surface area contributed by atoms with Gasteiger partial charge in [0.25, 0.3) is 5.89 Å². The average molecular weight is 249 g/mol. The van der Waals surface area contributed by atoms with Crippen LogP contribution in [0.3, 0.4) is 0 Å². The van der Waals surface area contributed by atoms with Gasteiger partial charge in [0, 0.05) is 17.4 Å². The lowest BCUT2D eigenvalue weighted by Gasteiger charge is -1.99. The second-order valence-corrected chi connectivity index (χ2v) is 3.81. The summed E-state index contributed by atoms with van der Waals surface area (Å²) in [6, 6.07) is 9.40. The van der Waals surface area contributed by atoms with E-state index >= 15 is 0 Å². The van der Waals surface area contributed by atoms with E-state index in [0.717, 1.165) is 5.56 Å². The lowest BCUT2D eigenvalue weighted by Crippen LogP contribution is -2.12. The van der Waals surface area contributed by atoms with E-state index in [1.807, 2.05) is 30.3 Å². The maximum Gasteiger partial charge on any atom is 0.270 e. The van der Waals surface area contributed by atoms with Crippen molar-refractivity contribution in [2.24, 2.45) is 0 Å². The van der Waals surface area contributed by atoms with Crippen LogP contribution in [-0.2, 0) is 0 Å². The van der Waals surface area contributed by atoms with Crippen molar-refractivity contribution in [1.82, 2.24) is 20.2 Å². The summed E-state index contributed by atoms with van der Waals surface area (Å²) < 4.78 is 5.53. The van der Waals surface area contributed by atoms with Crippen LogP contribution in [0.4, 0.5) is 5.82 Å². The quantitative estimate of drug-likeness (QED) is 0.667. The zero-order chi connectivity index (χ0) is 13.2. The molecular formula is C12H8BN5O. The first kappa shape index (κ1) is 11.4. The van der Waals surface area contributed by atoms with Gasteiger partial charge in [-0.05, 0) is 12.1 Å². The number of anilines is 1. The van der Waals surface area contributed by atoms with Gasteiger partial charge in [-0.1, -0.05) is 18.2 Å². The van der Waals surface area contributed by atoms with Crippen LogP contribution in [0.2, 0.25) is 0 Å². The van der Waals surface area contributed by atoms with Gasteiger partial charge in [-0.3, -0.25) is 4.98 Å². The SMILES string of the molecule is [B]c1cnc(N)c(-c2nnc(-c3ccccc3)o2)n1. The van der Waals surface area contributed by atoms with E-state index in [9.17, 15) is 0 Å². The lowest BCUT2D eigenvalue weighted by molar-refractivity contribution is 0.582. The first-order valence-corrected chi connectivity index (χ1v) is 5.51. The Labute approximate surface area is 110 Å². The molecule has 0 unspecified atom stereocenters. The second kappa shape index (κ2) is 4.53. The summed E-state index contributed by atoms with van der Waals surface area (Å²) in [5.41, 5.74) is 7.06. The zero-order valence-electron chi connectivity index (χ0n) is 9.82. The molecule has 2 N–H and O–H groups in total. The molecule has 6 nitrogen and oxygen atoms in total. The molecule has 0 saturated carbocycles. The molecule has 90 valence electrons. The Bertz CT molecular complexity index is 713. The van der Waals surface area contributed by atoms with Crippen LogP contribution in [-0.4, -0.2) is 28.0 Å². The molecule has 0 bridgehead atoms. The van der Waals surface area contributed by atoms with Crippen molar-refractivity contribution in [1.29, 1.82) is 0 Å². The van der Waals surface area contributed by atoms with Gasteiger partial charge in [-0.15, -0.1) is 10.2 Å². The smallest absolute Gasteiger partial charge is 0.270 e. The van der Waals surface area contributed by atoms with Crippen LogP contribution in [0, 0.1) is 0 Å². The number of nitrogens with zero attached hydrogens (tertiary/aromatic N) is 4. The molecule has 3 aromatic rings. The molecule has 2 heterocycles. The van der Waals surface area contributed by atoms with Gasteiger partial charge < -0.3 is 10.2 Å². The third kappa shape index (κ3) is 2.17. The topological polar surface area (TPSA) is 90.7 Å². The van der Waals surface area contributed by atoms with Gasteiger partial charge in [0.15, 0.2) is 11.5 Å². The molecule has 0 atom stereocenters. The van der Waals surface area contributed by atoms with Crippen molar-refractivity contribution >= 4 is 19.3 Å². The lowest BCUT2D eigenvalue weighted by atomic mass is 10.1. The Morgan fingerprint density at radius 1 is 1.05 bits per heavy atom. The van der Waals surface area contributed by atoms with E-state index in [-0.39, 0.29) is 23.0 Å². The summed E-state index contributed by atoms with van der Waals surface area (Å²) >= 11 is 0. The van der Waals surface area contributed by atoms with Gasteiger partial charge in [0.05, 0.1) is 0 Å². The normalized spacial score (nSPS) is 10.5. The Hall–Kier alpha value is -2.70. The zero-order valence-corrected chi connectivity index (χ0v) is 9.82. The van der Waals surface area contributed by atoms with E-state index in [1.165, 1.54) is 6.20 Å². The molecule has 0 aliphatic carbocycles. The summed E-state index contributed by atoms with van der Waals surface area (Å²) in [5.74, 6) is 0.771. The predicted molar refractivity (Wildman–Crippen MR) is 70.6 cm³/mol. The van der Waals surface area contributed by atoms with Gasteiger partial charge in [0.2, 0.25) is 5.89 Å². The van der Waals surface area contributed by atoms with E-state index in [4.69, 9.17) is 18.0 Å². The summed E-state index contributed by atoms with van der Waals surface area (Å²) in [5, 5.41) is 7.86. The number of rotatable bonds is 2. The summed E-state index contributed by atoms with van der Waals surface area (Å²) in [6.45, 7) is 0. The molecule has 3 rings (SSSR count). The minimum atomic E-state index is 0.191. The van der Waals surface area contributed by atoms with E-state index in [2.05, 4.69) is 20.2 Å². The minimum Gasteiger partial charge on any atom is -0.414 e. The molecule has 0 saturated heterocycles. The van der Waals surface area contributed by atoms with Crippen molar-refractivity contribution in [3.8, 4) is 23.0 Å². The Morgan fingerprint density at radius 2 is 1.79 bits per heavy atom. The highest BCUT2D eigenvalue weighted by molar-refractivity contribution is 6.30. The molecule has 0 spiro atoms. The first-order valence-electron chi connectivity index (χ1n) is 5.51. The van der Waals surface area contributed by atoms with Crippen molar-refractivity contribution in [2.45, 2.75) is 0 Å². The maximum absolute atomic E-state index is 5.71. The number of aromatic nitrogens is 4. The maximum atomic E-state index is 5.71. The predicted octanol–water partition coefficient (Wildman–Crippen LogP) is 0.570. The van der Waals surface area contributed by atoms with Gasteiger partial charge in [-0.2, -0.15) is 0 Å². The molecule has 0 aliphatic rings. The Kier molecular flexibility index (Phi) is 2.72. The van der Waals surface area contributed by atoms with Gasteiger partial charge in [0.1, 0.15) is 7.85 Å². The molecule has 2 radical (unpaired) electrons. The van der Waals surface area contributed by atoms with E-state index < -0.39 is 0 Å². The Balaban J connectivity index is 2.04. The summed E-state index contributed by atoms with van der Waals surface area (Å²) in [4.78, 5) is 7.94. The first-order chi connectivity index (χ1) is 9.24. The number of hydrogen-bond donors (Lipinski definition) is 1. The van der Waals surface area contributed by atoms with E-state index in [0.29, 0.717) is 5.89 Å². The van der Waals surface area contributed by atoms with Crippen molar-refractivity contribution in [3.05, 3.63) is 36.5 Å². The van der Waals surface area contributed by atoms with Crippen LogP contribution in [0.5, 0.6) is 0 Å². The number of nitrogen functional groups attached to an aromatic ring is 1. The van der Waals surface area contributed by atoms with Crippen molar-refractivity contribution in [2.75, 3.05) is 5.73 Å². The number of nitrogens with two attached hydrogens (primary N) is 1. The van der Waals surface area contributed by atoms with E-state index in [1.54, 1.807) is 0 Å². The van der Waals surface area contributed by atoms with Crippen LogP contribution >= 0.6 is 0 Å². The Morgan fingerprint density at radius 3 is 2.58 bits per heavy atom. The van der Waals surface area contributed by atoms with Gasteiger partial charge >= 0.3 is 0 Å². The third-order valence-electron chi connectivity index (χ3n) is 2.47. The fourth-order valence-electron chi connectivity index (χ4n) is 1.59. The largest absolute Gasteiger partial charge is 0.414 e. The van der Waals surface area contributed by atoms with Crippen LogP contribution in [0.1, 0.15) is 0 Å². The number of benzene rings is 1. The van der Waals surface area contributed by atoms with Crippen LogP contribution < -0.4 is 11.3 Å². The molecule has 1 aromatic carbocycles. The van der Waals surface area contributed by atoms with Crippen molar-refractivity contribution < 1.29 is 4.42 Å². The average Bonchev–Trinajstić information content (AvgIpc) is 2.92. The summed E-state index contributed by atoms with van der Waals surface area (Å²) in [6.07, 6.45) is 1.37. The monoisotopic (exact) mass is 249 g/mol. The molecule has 0 aliphatic heterocycles.